The third-order valence-electron chi connectivity index (χ3n) is 4.81. The maximum Gasteiger partial charge on any atom is 0.388 e. The van der Waals surface area contributed by atoms with Crippen LogP contribution >= 0.6 is 11.3 Å². The maximum absolute atomic E-state index is 14.5. The minimum Gasteiger partial charge on any atom is -0.484 e. The minimum atomic E-state index is -2.99. The molecule has 1 atom stereocenters. The summed E-state index contributed by atoms with van der Waals surface area (Å²) in [5, 5.41) is 9.97. The number of halogens is 3. The van der Waals surface area contributed by atoms with E-state index in [2.05, 4.69) is 19.7 Å². The average molecular weight is 433 g/mol. The standard InChI is InChI=1S/C20H14F3N3O3S/c1-8-2-10(16-13(3-8)25-15(6-24-16)29-20(22)23)19-26-14-5-12(21)17-11(18(14)30-19)4-9(7-27)28-17/h2-3,5-6,9,20,27H,4,7H2,1H3. The van der Waals surface area contributed by atoms with Crippen molar-refractivity contribution < 1.29 is 27.8 Å². The second-order valence-electron chi connectivity index (χ2n) is 6.93. The summed E-state index contributed by atoms with van der Waals surface area (Å²) in [4.78, 5) is 12.9. The van der Waals surface area contributed by atoms with E-state index in [-0.39, 0.29) is 18.2 Å². The van der Waals surface area contributed by atoms with Gasteiger partial charge in [-0.2, -0.15) is 8.78 Å². The first kappa shape index (κ1) is 19.0. The summed E-state index contributed by atoms with van der Waals surface area (Å²) < 4.78 is 50.1. The van der Waals surface area contributed by atoms with E-state index >= 15 is 0 Å². The zero-order chi connectivity index (χ0) is 21.0. The molecule has 5 rings (SSSR count). The number of hydrogen-bond acceptors (Lipinski definition) is 7. The number of aryl methyl sites for hydroxylation is 1. The van der Waals surface area contributed by atoms with Gasteiger partial charge in [-0.25, -0.2) is 19.3 Å². The Labute approximate surface area is 171 Å². The van der Waals surface area contributed by atoms with Gasteiger partial charge in [0.2, 0.25) is 5.88 Å². The largest absolute Gasteiger partial charge is 0.484 e. The number of ether oxygens (including phenoxy) is 2. The quantitative estimate of drug-likeness (QED) is 0.519. The first-order valence-electron chi connectivity index (χ1n) is 9.05. The molecule has 0 saturated heterocycles. The SMILES string of the molecule is Cc1cc(-c2nc3cc(F)c4c(c3s2)CC(CO)O4)c2ncc(OC(F)F)nc2c1. The number of thiazole rings is 1. The molecule has 0 aliphatic carbocycles. The molecular formula is C20H14F3N3O3S. The summed E-state index contributed by atoms with van der Waals surface area (Å²) in [5.41, 5.74) is 3.52. The van der Waals surface area contributed by atoms with E-state index in [0.29, 0.717) is 39.1 Å². The molecule has 0 radical (unpaired) electrons. The van der Waals surface area contributed by atoms with Gasteiger partial charge in [0.1, 0.15) is 11.1 Å². The summed E-state index contributed by atoms with van der Waals surface area (Å²) in [6, 6.07) is 4.90. The second-order valence-corrected chi connectivity index (χ2v) is 7.93. The number of benzene rings is 2. The van der Waals surface area contributed by atoms with E-state index in [0.717, 1.165) is 16.5 Å². The van der Waals surface area contributed by atoms with Crippen LogP contribution in [-0.2, 0) is 6.42 Å². The fraction of sp³-hybridized carbons (Fsp3) is 0.250. The van der Waals surface area contributed by atoms with Crippen LogP contribution in [-0.4, -0.2) is 39.4 Å². The van der Waals surface area contributed by atoms with E-state index in [1.54, 1.807) is 6.07 Å². The molecule has 10 heteroatoms. The van der Waals surface area contributed by atoms with E-state index in [4.69, 9.17) is 4.74 Å². The lowest BCUT2D eigenvalue weighted by molar-refractivity contribution is -0.0528. The Bertz CT molecular complexity index is 1290. The molecule has 1 aliphatic heterocycles. The van der Waals surface area contributed by atoms with Crippen LogP contribution in [0.15, 0.2) is 24.4 Å². The van der Waals surface area contributed by atoms with Gasteiger partial charge in [0.15, 0.2) is 11.6 Å². The van der Waals surface area contributed by atoms with Crippen LogP contribution in [0, 0.1) is 12.7 Å². The molecule has 1 N–H and O–H groups in total. The second kappa shape index (κ2) is 7.06. The molecule has 2 aromatic carbocycles. The molecule has 1 unspecified atom stereocenters. The Morgan fingerprint density at radius 2 is 2.10 bits per heavy atom. The van der Waals surface area contributed by atoms with Crippen LogP contribution in [0.2, 0.25) is 0 Å². The van der Waals surface area contributed by atoms with Crippen LogP contribution < -0.4 is 9.47 Å². The normalized spacial score (nSPS) is 15.7. The number of fused-ring (bicyclic) bond motifs is 4. The van der Waals surface area contributed by atoms with Gasteiger partial charge in [0.05, 0.1) is 34.1 Å². The van der Waals surface area contributed by atoms with E-state index in [9.17, 15) is 18.3 Å². The van der Waals surface area contributed by atoms with E-state index < -0.39 is 18.5 Å². The van der Waals surface area contributed by atoms with Crippen LogP contribution in [0.4, 0.5) is 13.2 Å². The van der Waals surface area contributed by atoms with Crippen molar-refractivity contribution in [1.29, 1.82) is 0 Å². The van der Waals surface area contributed by atoms with Gasteiger partial charge in [0, 0.05) is 23.6 Å². The maximum atomic E-state index is 14.5. The molecule has 30 heavy (non-hydrogen) atoms. The number of aliphatic hydroxyl groups excluding tert-OH is 1. The molecule has 0 fully saturated rings. The topological polar surface area (TPSA) is 77.4 Å². The van der Waals surface area contributed by atoms with Crippen molar-refractivity contribution in [2.45, 2.75) is 26.1 Å². The van der Waals surface area contributed by atoms with Crippen molar-refractivity contribution in [3.63, 3.8) is 0 Å². The lowest BCUT2D eigenvalue weighted by Crippen LogP contribution is -2.17. The Kier molecular flexibility index (Phi) is 4.48. The number of rotatable bonds is 4. The molecule has 0 bridgehead atoms. The number of aromatic nitrogens is 3. The molecule has 2 aromatic heterocycles. The van der Waals surface area contributed by atoms with Crippen LogP contribution in [0.1, 0.15) is 11.1 Å². The molecule has 6 nitrogen and oxygen atoms in total. The highest BCUT2D eigenvalue weighted by molar-refractivity contribution is 7.22. The fourth-order valence-electron chi connectivity index (χ4n) is 3.60. The highest BCUT2D eigenvalue weighted by atomic mass is 32.1. The number of nitrogens with zero attached hydrogens (tertiary/aromatic N) is 3. The predicted octanol–water partition coefficient (Wildman–Crippen LogP) is 4.25. The van der Waals surface area contributed by atoms with Gasteiger partial charge in [-0.3, -0.25) is 0 Å². The summed E-state index contributed by atoms with van der Waals surface area (Å²) in [6.45, 7) is -1.36. The van der Waals surface area contributed by atoms with Crippen molar-refractivity contribution >= 4 is 32.6 Å². The molecule has 0 saturated carbocycles. The number of hydrogen-bond donors (Lipinski definition) is 1. The first-order valence-corrected chi connectivity index (χ1v) is 9.86. The number of aliphatic hydroxyl groups is 1. The average Bonchev–Trinajstić information content (AvgIpc) is 3.30. The van der Waals surface area contributed by atoms with Crippen LogP contribution in [0.5, 0.6) is 11.6 Å². The fourth-order valence-corrected chi connectivity index (χ4v) is 4.71. The summed E-state index contributed by atoms with van der Waals surface area (Å²) in [7, 11) is 0. The molecule has 0 spiro atoms. The molecular weight excluding hydrogens is 419 g/mol. The molecule has 4 aromatic rings. The lowest BCUT2D eigenvalue weighted by atomic mass is 10.1. The Hall–Kier alpha value is -2.98. The molecule has 1 aliphatic rings. The Morgan fingerprint density at radius 1 is 1.27 bits per heavy atom. The van der Waals surface area contributed by atoms with Gasteiger partial charge in [0.25, 0.3) is 0 Å². The summed E-state index contributed by atoms with van der Waals surface area (Å²) in [6.07, 6.45) is 1.05. The Morgan fingerprint density at radius 3 is 2.87 bits per heavy atom. The molecule has 0 amide bonds. The lowest BCUT2D eigenvalue weighted by Gasteiger charge is -2.07. The zero-order valence-corrected chi connectivity index (χ0v) is 16.3. The first-order chi connectivity index (χ1) is 14.4. The van der Waals surface area contributed by atoms with Gasteiger partial charge in [-0.05, 0) is 24.6 Å². The number of alkyl halides is 2. The van der Waals surface area contributed by atoms with Gasteiger partial charge < -0.3 is 14.6 Å². The summed E-state index contributed by atoms with van der Waals surface area (Å²) >= 11 is 1.36. The molecule has 3 heterocycles. The third-order valence-corrected chi connectivity index (χ3v) is 5.98. The summed E-state index contributed by atoms with van der Waals surface area (Å²) in [5.74, 6) is -0.641. The smallest absolute Gasteiger partial charge is 0.388 e. The third kappa shape index (κ3) is 3.12. The molecule has 154 valence electrons. The Balaban J connectivity index is 1.67. The van der Waals surface area contributed by atoms with Crippen molar-refractivity contribution in [3.8, 4) is 22.2 Å². The zero-order valence-electron chi connectivity index (χ0n) is 15.5. The van der Waals surface area contributed by atoms with Gasteiger partial charge >= 0.3 is 6.61 Å². The van der Waals surface area contributed by atoms with E-state index in [1.165, 1.54) is 17.4 Å². The highest BCUT2D eigenvalue weighted by Gasteiger charge is 2.29. The van der Waals surface area contributed by atoms with Crippen LogP contribution in [0.25, 0.3) is 31.8 Å². The van der Waals surface area contributed by atoms with Crippen molar-refractivity contribution in [3.05, 3.63) is 41.3 Å². The van der Waals surface area contributed by atoms with Crippen LogP contribution in [0.3, 0.4) is 0 Å². The van der Waals surface area contributed by atoms with Crippen molar-refractivity contribution in [1.82, 2.24) is 15.0 Å². The van der Waals surface area contributed by atoms with Gasteiger partial charge in [-0.15, -0.1) is 11.3 Å². The van der Waals surface area contributed by atoms with Gasteiger partial charge in [-0.1, -0.05) is 0 Å². The van der Waals surface area contributed by atoms with Crippen molar-refractivity contribution in [2.75, 3.05) is 6.61 Å². The minimum absolute atomic E-state index is 0.152. The predicted molar refractivity (Wildman–Crippen MR) is 105 cm³/mol. The van der Waals surface area contributed by atoms with Crippen molar-refractivity contribution in [2.24, 2.45) is 0 Å². The highest BCUT2D eigenvalue weighted by Crippen LogP contribution is 2.43. The monoisotopic (exact) mass is 433 g/mol. The van der Waals surface area contributed by atoms with E-state index in [1.807, 2.05) is 13.0 Å².